The number of aryl methyl sites for hydroxylation is 1. The quantitative estimate of drug-likeness (QED) is 0.330. The summed E-state index contributed by atoms with van der Waals surface area (Å²) in [5.41, 5.74) is 0.931. The van der Waals surface area contributed by atoms with Crippen LogP contribution in [-0.4, -0.2) is 48.6 Å². The van der Waals surface area contributed by atoms with E-state index < -0.39 is 39.3 Å². The number of carbonyl (C=O) groups is 2. The van der Waals surface area contributed by atoms with Gasteiger partial charge in [0, 0.05) is 25.4 Å². The summed E-state index contributed by atoms with van der Waals surface area (Å²) in [7, 11) is -0.911. The molecule has 0 bridgehead atoms. The van der Waals surface area contributed by atoms with Crippen molar-refractivity contribution in [3.8, 4) is 0 Å². The second kappa shape index (κ2) is 9.05. The fraction of sp³-hybridized carbons (Fsp3) is 0.160. The van der Waals surface area contributed by atoms with E-state index in [0.29, 0.717) is 11.3 Å². The summed E-state index contributed by atoms with van der Waals surface area (Å²) in [5, 5.41) is 11.1. The van der Waals surface area contributed by atoms with Crippen LogP contribution in [0.5, 0.6) is 0 Å². The van der Waals surface area contributed by atoms with E-state index >= 15 is 0 Å². The smallest absolute Gasteiger partial charge is 0.301 e. The summed E-state index contributed by atoms with van der Waals surface area (Å²) >= 11 is 0. The maximum absolute atomic E-state index is 13.6. The Kier molecular flexibility index (Phi) is 6.27. The summed E-state index contributed by atoms with van der Waals surface area (Å²) < 4.78 is 39.4. The molecule has 0 radical (unpaired) electrons. The maximum atomic E-state index is 13.6. The summed E-state index contributed by atoms with van der Waals surface area (Å²) in [4.78, 5) is 31.8. The molecule has 4 rings (SSSR count). The number of anilines is 1. The first-order chi connectivity index (χ1) is 16.5. The number of amides is 1. The van der Waals surface area contributed by atoms with Crippen LogP contribution in [0.3, 0.4) is 0 Å². The van der Waals surface area contributed by atoms with E-state index in [1.807, 2.05) is 0 Å². The monoisotopic (exact) mass is 495 g/mol. The average molecular weight is 496 g/mol. The van der Waals surface area contributed by atoms with Crippen LogP contribution < -0.4 is 4.90 Å². The molecule has 2 aromatic carbocycles. The summed E-state index contributed by atoms with van der Waals surface area (Å²) in [5.74, 6) is -2.62. The number of sulfonamides is 1. The Labute approximate surface area is 202 Å². The Hall–Kier alpha value is -3.89. The maximum Gasteiger partial charge on any atom is 0.301 e. The SMILES string of the molecule is Cc1cccc(N2C(=O)C(=O)C(=C(O)c3ccc(S(=O)(=O)N(C)C)cc3)C2c2ccc(F)cc2)n1. The average Bonchev–Trinajstić information content (AvgIpc) is 3.09. The lowest BCUT2D eigenvalue weighted by Crippen LogP contribution is -2.30. The van der Waals surface area contributed by atoms with Gasteiger partial charge in [0.2, 0.25) is 10.0 Å². The van der Waals surface area contributed by atoms with Crippen molar-refractivity contribution < 1.29 is 27.5 Å². The molecule has 1 aliphatic heterocycles. The molecule has 2 heterocycles. The highest BCUT2D eigenvalue weighted by Crippen LogP contribution is 2.41. The minimum Gasteiger partial charge on any atom is -0.507 e. The van der Waals surface area contributed by atoms with Gasteiger partial charge in [-0.1, -0.05) is 18.2 Å². The molecule has 8 nitrogen and oxygen atoms in total. The van der Waals surface area contributed by atoms with Crippen molar-refractivity contribution in [1.29, 1.82) is 0 Å². The van der Waals surface area contributed by atoms with E-state index in [1.54, 1.807) is 25.1 Å². The zero-order valence-electron chi connectivity index (χ0n) is 19.1. The molecule has 180 valence electrons. The standard InChI is InChI=1S/C25H22FN3O5S/c1-15-5-4-6-20(27-15)29-22(16-7-11-18(26)12-8-16)21(24(31)25(29)32)23(30)17-9-13-19(14-10-17)35(33,34)28(2)3/h4-14,22,30H,1-3H3. The molecule has 1 fully saturated rings. The van der Waals surface area contributed by atoms with E-state index in [4.69, 9.17) is 0 Å². The number of carbonyl (C=O) groups excluding carboxylic acids is 2. The Balaban J connectivity index is 1.89. The van der Waals surface area contributed by atoms with Crippen molar-refractivity contribution in [3.63, 3.8) is 0 Å². The number of aliphatic hydroxyl groups is 1. The zero-order chi connectivity index (χ0) is 25.5. The summed E-state index contributed by atoms with van der Waals surface area (Å²) in [6.07, 6.45) is 0. The van der Waals surface area contributed by atoms with Gasteiger partial charge in [-0.25, -0.2) is 22.1 Å². The van der Waals surface area contributed by atoms with Crippen molar-refractivity contribution >= 4 is 33.3 Å². The van der Waals surface area contributed by atoms with Crippen molar-refractivity contribution in [2.75, 3.05) is 19.0 Å². The molecule has 3 aromatic rings. The highest BCUT2D eigenvalue weighted by molar-refractivity contribution is 7.89. The third-order valence-electron chi connectivity index (χ3n) is 5.66. The number of aliphatic hydroxyl groups excluding tert-OH is 1. The lowest BCUT2D eigenvalue weighted by atomic mass is 9.95. The van der Waals surface area contributed by atoms with Gasteiger partial charge >= 0.3 is 5.91 Å². The topological polar surface area (TPSA) is 108 Å². The van der Waals surface area contributed by atoms with E-state index in [1.165, 1.54) is 67.5 Å². The third-order valence-corrected chi connectivity index (χ3v) is 7.49. The Morgan fingerprint density at radius 1 is 1.00 bits per heavy atom. The van der Waals surface area contributed by atoms with Crippen LogP contribution in [0.2, 0.25) is 0 Å². The Bertz CT molecular complexity index is 1450. The second-order valence-electron chi connectivity index (χ2n) is 8.17. The van der Waals surface area contributed by atoms with Crippen molar-refractivity contribution in [3.05, 3.63) is 94.9 Å². The highest BCUT2D eigenvalue weighted by Gasteiger charge is 2.47. The lowest BCUT2D eigenvalue weighted by Gasteiger charge is -2.24. The molecule has 1 unspecified atom stereocenters. The van der Waals surface area contributed by atoms with Crippen LogP contribution in [-0.2, 0) is 19.6 Å². The molecule has 1 saturated heterocycles. The van der Waals surface area contributed by atoms with Gasteiger partial charge in [0.05, 0.1) is 16.5 Å². The molecule has 0 saturated carbocycles. The molecule has 1 amide bonds. The fourth-order valence-electron chi connectivity index (χ4n) is 3.84. The molecule has 1 N–H and O–H groups in total. The largest absolute Gasteiger partial charge is 0.507 e. The zero-order valence-corrected chi connectivity index (χ0v) is 20.0. The molecular weight excluding hydrogens is 473 g/mol. The van der Waals surface area contributed by atoms with Crippen molar-refractivity contribution in [1.82, 2.24) is 9.29 Å². The van der Waals surface area contributed by atoms with Gasteiger partial charge in [0.15, 0.2) is 0 Å². The number of rotatable bonds is 5. The second-order valence-corrected chi connectivity index (χ2v) is 10.3. The Morgan fingerprint density at radius 3 is 2.20 bits per heavy atom. The normalized spacial score (nSPS) is 17.9. The molecule has 1 aromatic heterocycles. The van der Waals surface area contributed by atoms with E-state index in [2.05, 4.69) is 4.98 Å². The number of benzene rings is 2. The lowest BCUT2D eigenvalue weighted by molar-refractivity contribution is -0.132. The first kappa shape index (κ1) is 24.2. The predicted octanol–water partition coefficient (Wildman–Crippen LogP) is 3.41. The van der Waals surface area contributed by atoms with Gasteiger partial charge in [-0.05, 0) is 61.0 Å². The number of ketones is 1. The van der Waals surface area contributed by atoms with Gasteiger partial charge in [-0.3, -0.25) is 14.5 Å². The van der Waals surface area contributed by atoms with Crippen LogP contribution in [0.15, 0.2) is 77.2 Å². The van der Waals surface area contributed by atoms with Crippen LogP contribution in [0.4, 0.5) is 10.2 Å². The number of halogens is 1. The van der Waals surface area contributed by atoms with Gasteiger partial charge < -0.3 is 5.11 Å². The number of hydrogen-bond donors (Lipinski definition) is 1. The molecule has 10 heteroatoms. The van der Waals surface area contributed by atoms with E-state index in [-0.39, 0.29) is 21.8 Å². The molecule has 0 aliphatic carbocycles. The van der Waals surface area contributed by atoms with Gasteiger partial charge in [-0.15, -0.1) is 0 Å². The van der Waals surface area contributed by atoms with Gasteiger partial charge in [-0.2, -0.15) is 0 Å². The van der Waals surface area contributed by atoms with Crippen LogP contribution in [0.1, 0.15) is 22.9 Å². The van der Waals surface area contributed by atoms with Crippen molar-refractivity contribution in [2.45, 2.75) is 17.9 Å². The van der Waals surface area contributed by atoms with Gasteiger partial charge in [0.25, 0.3) is 5.78 Å². The van der Waals surface area contributed by atoms with E-state index in [9.17, 15) is 27.5 Å². The predicted molar refractivity (Wildman–Crippen MR) is 127 cm³/mol. The fourth-order valence-corrected chi connectivity index (χ4v) is 4.74. The molecule has 0 spiro atoms. The first-order valence-electron chi connectivity index (χ1n) is 10.6. The summed E-state index contributed by atoms with van der Waals surface area (Å²) in [6, 6.07) is 14.5. The molecule has 1 atom stereocenters. The Morgan fingerprint density at radius 2 is 1.63 bits per heavy atom. The number of aromatic nitrogens is 1. The van der Waals surface area contributed by atoms with Crippen LogP contribution >= 0.6 is 0 Å². The number of Topliss-reactive ketones (excluding diaryl/α,β-unsaturated/α-hetero) is 1. The molecule has 35 heavy (non-hydrogen) atoms. The number of pyridine rings is 1. The highest BCUT2D eigenvalue weighted by atomic mass is 32.2. The first-order valence-corrected chi connectivity index (χ1v) is 12.0. The minimum absolute atomic E-state index is 0.00135. The number of hydrogen-bond acceptors (Lipinski definition) is 6. The number of nitrogens with zero attached hydrogens (tertiary/aromatic N) is 3. The molecule has 1 aliphatic rings. The van der Waals surface area contributed by atoms with Crippen LogP contribution in [0, 0.1) is 12.7 Å². The van der Waals surface area contributed by atoms with E-state index in [0.717, 1.165) is 4.31 Å². The summed E-state index contributed by atoms with van der Waals surface area (Å²) in [6.45, 7) is 1.73. The van der Waals surface area contributed by atoms with Gasteiger partial charge in [0.1, 0.15) is 17.4 Å². The molecular formula is C25H22FN3O5S. The van der Waals surface area contributed by atoms with Crippen LogP contribution in [0.25, 0.3) is 5.76 Å². The minimum atomic E-state index is -3.70. The van der Waals surface area contributed by atoms with Crippen molar-refractivity contribution in [2.24, 2.45) is 0 Å². The third kappa shape index (κ3) is 4.33.